The summed E-state index contributed by atoms with van der Waals surface area (Å²) in [7, 11) is 0. The summed E-state index contributed by atoms with van der Waals surface area (Å²) >= 11 is 5.91. The summed E-state index contributed by atoms with van der Waals surface area (Å²) in [6.45, 7) is 1.84. The molecule has 0 aliphatic carbocycles. The van der Waals surface area contributed by atoms with Gasteiger partial charge in [-0.05, 0) is 43.2 Å². The summed E-state index contributed by atoms with van der Waals surface area (Å²) < 4.78 is 28.6. The van der Waals surface area contributed by atoms with Gasteiger partial charge in [0.25, 0.3) is 0 Å². The average Bonchev–Trinajstić information content (AvgIpc) is 2.42. The molecule has 2 rings (SSSR count). The molecule has 0 amide bonds. The number of ether oxygens (including phenoxy) is 1. The Balaban J connectivity index is 2.07. The number of hydrogen-bond donors (Lipinski definition) is 1. The van der Waals surface area contributed by atoms with Crippen molar-refractivity contribution in [1.29, 1.82) is 0 Å². The minimum absolute atomic E-state index is 0.0241. The van der Waals surface area contributed by atoms with Crippen molar-refractivity contribution in [2.75, 3.05) is 5.32 Å². The quantitative estimate of drug-likeness (QED) is 0.822. The SMILES string of the molecule is Cc1ccc(C)c(CNc2ccc(OC(F)F)c(Cl)c2)c1. The molecule has 0 saturated carbocycles. The fraction of sp³-hybridized carbons (Fsp3) is 0.250. The van der Waals surface area contributed by atoms with Gasteiger partial charge in [0.2, 0.25) is 0 Å². The molecule has 5 heteroatoms. The minimum Gasteiger partial charge on any atom is -0.433 e. The lowest BCUT2D eigenvalue weighted by atomic mass is 10.1. The van der Waals surface area contributed by atoms with Crippen molar-refractivity contribution < 1.29 is 13.5 Å². The Kier molecular flexibility index (Phi) is 5.02. The van der Waals surface area contributed by atoms with Crippen LogP contribution in [0.2, 0.25) is 5.02 Å². The molecule has 0 saturated heterocycles. The molecular formula is C16H16ClF2NO. The van der Waals surface area contributed by atoms with Crippen molar-refractivity contribution in [2.45, 2.75) is 27.0 Å². The fourth-order valence-electron chi connectivity index (χ4n) is 1.99. The first-order valence-electron chi connectivity index (χ1n) is 6.50. The summed E-state index contributed by atoms with van der Waals surface area (Å²) in [4.78, 5) is 0. The van der Waals surface area contributed by atoms with E-state index in [9.17, 15) is 8.78 Å². The van der Waals surface area contributed by atoms with Crippen LogP contribution in [0.1, 0.15) is 16.7 Å². The van der Waals surface area contributed by atoms with Crippen LogP contribution in [0.25, 0.3) is 0 Å². The molecule has 21 heavy (non-hydrogen) atoms. The van der Waals surface area contributed by atoms with Gasteiger partial charge >= 0.3 is 6.61 Å². The number of aryl methyl sites for hydroxylation is 2. The summed E-state index contributed by atoms with van der Waals surface area (Å²) in [6, 6.07) is 10.9. The number of anilines is 1. The Bertz CT molecular complexity index is 632. The number of benzene rings is 2. The predicted molar refractivity (Wildman–Crippen MR) is 81.3 cm³/mol. The Hall–Kier alpha value is -1.81. The zero-order valence-corrected chi connectivity index (χ0v) is 12.5. The molecule has 2 aromatic carbocycles. The summed E-state index contributed by atoms with van der Waals surface area (Å²) in [5.41, 5.74) is 4.31. The number of halogens is 3. The predicted octanol–water partition coefficient (Wildman–Crippen LogP) is 5.17. The molecule has 0 aromatic heterocycles. The van der Waals surface area contributed by atoms with E-state index in [4.69, 9.17) is 11.6 Å². The van der Waals surface area contributed by atoms with Crippen molar-refractivity contribution in [3.63, 3.8) is 0 Å². The molecule has 0 fully saturated rings. The van der Waals surface area contributed by atoms with E-state index >= 15 is 0 Å². The standard InChI is InChI=1S/C16H16ClF2NO/c1-10-3-4-11(2)12(7-10)9-20-13-5-6-15(14(17)8-13)21-16(18)19/h3-8,16,20H,9H2,1-2H3. The third-order valence-corrected chi connectivity index (χ3v) is 3.43. The third-order valence-electron chi connectivity index (χ3n) is 3.14. The van der Waals surface area contributed by atoms with Gasteiger partial charge < -0.3 is 10.1 Å². The topological polar surface area (TPSA) is 21.3 Å². The first kappa shape index (κ1) is 15.6. The van der Waals surface area contributed by atoms with Crippen molar-refractivity contribution in [2.24, 2.45) is 0 Å². The van der Waals surface area contributed by atoms with Crippen molar-refractivity contribution >= 4 is 17.3 Å². The summed E-state index contributed by atoms with van der Waals surface area (Å²) in [6.07, 6.45) is 0. The van der Waals surface area contributed by atoms with Crippen LogP contribution < -0.4 is 10.1 Å². The molecule has 0 aliphatic rings. The molecule has 112 valence electrons. The van der Waals surface area contributed by atoms with Gasteiger partial charge in [-0.1, -0.05) is 35.4 Å². The maximum Gasteiger partial charge on any atom is 0.387 e. The van der Waals surface area contributed by atoms with E-state index in [2.05, 4.69) is 28.3 Å². The Morgan fingerprint density at radius 2 is 1.90 bits per heavy atom. The highest BCUT2D eigenvalue weighted by atomic mass is 35.5. The van der Waals surface area contributed by atoms with Crippen LogP contribution in [0.5, 0.6) is 5.75 Å². The molecule has 1 N–H and O–H groups in total. The lowest BCUT2D eigenvalue weighted by molar-refractivity contribution is -0.0497. The van der Waals surface area contributed by atoms with Crippen LogP contribution >= 0.6 is 11.6 Å². The molecule has 0 bridgehead atoms. The second-order valence-electron chi connectivity index (χ2n) is 4.81. The zero-order valence-electron chi connectivity index (χ0n) is 11.8. The molecular weight excluding hydrogens is 296 g/mol. The smallest absolute Gasteiger partial charge is 0.387 e. The van der Waals surface area contributed by atoms with E-state index in [1.165, 1.54) is 22.8 Å². The van der Waals surface area contributed by atoms with E-state index in [0.717, 1.165) is 5.69 Å². The van der Waals surface area contributed by atoms with E-state index < -0.39 is 6.61 Å². The van der Waals surface area contributed by atoms with Gasteiger partial charge in [-0.3, -0.25) is 0 Å². The van der Waals surface area contributed by atoms with Crippen LogP contribution in [-0.4, -0.2) is 6.61 Å². The molecule has 0 radical (unpaired) electrons. The molecule has 0 spiro atoms. The monoisotopic (exact) mass is 311 g/mol. The number of nitrogens with one attached hydrogen (secondary N) is 1. The zero-order chi connectivity index (χ0) is 15.4. The lowest BCUT2D eigenvalue weighted by Crippen LogP contribution is -2.04. The maximum absolute atomic E-state index is 12.2. The van der Waals surface area contributed by atoms with Gasteiger partial charge in [-0.25, -0.2) is 0 Å². The number of rotatable bonds is 5. The van der Waals surface area contributed by atoms with Crippen molar-refractivity contribution in [3.8, 4) is 5.75 Å². The van der Waals surface area contributed by atoms with Crippen LogP contribution in [0.4, 0.5) is 14.5 Å². The lowest BCUT2D eigenvalue weighted by Gasteiger charge is -2.12. The van der Waals surface area contributed by atoms with Gasteiger partial charge in [0, 0.05) is 12.2 Å². The van der Waals surface area contributed by atoms with Gasteiger partial charge in [0.1, 0.15) is 5.75 Å². The second kappa shape index (κ2) is 6.76. The first-order valence-corrected chi connectivity index (χ1v) is 6.88. The molecule has 2 aromatic rings. The summed E-state index contributed by atoms with van der Waals surface area (Å²) in [5.74, 6) is -0.0241. The molecule has 0 heterocycles. The largest absolute Gasteiger partial charge is 0.433 e. The minimum atomic E-state index is -2.88. The first-order chi connectivity index (χ1) is 9.95. The van der Waals surface area contributed by atoms with E-state index in [-0.39, 0.29) is 10.8 Å². The van der Waals surface area contributed by atoms with E-state index in [0.29, 0.717) is 6.54 Å². The Labute approximate surface area is 127 Å². The number of hydrogen-bond acceptors (Lipinski definition) is 2. The number of alkyl halides is 2. The van der Waals surface area contributed by atoms with E-state index in [1.807, 2.05) is 13.8 Å². The highest BCUT2D eigenvalue weighted by molar-refractivity contribution is 6.32. The molecule has 0 aliphatic heterocycles. The normalized spacial score (nSPS) is 10.8. The van der Waals surface area contributed by atoms with Gasteiger partial charge in [0.15, 0.2) is 0 Å². The van der Waals surface area contributed by atoms with Gasteiger partial charge in [0.05, 0.1) is 5.02 Å². The molecule has 0 atom stereocenters. The summed E-state index contributed by atoms with van der Waals surface area (Å²) in [5, 5.41) is 3.38. The van der Waals surface area contributed by atoms with Crippen molar-refractivity contribution in [3.05, 3.63) is 58.1 Å². The van der Waals surface area contributed by atoms with Crippen LogP contribution in [0.15, 0.2) is 36.4 Å². The Morgan fingerprint density at radius 3 is 2.57 bits per heavy atom. The highest BCUT2D eigenvalue weighted by Crippen LogP contribution is 2.29. The van der Waals surface area contributed by atoms with Crippen LogP contribution in [0.3, 0.4) is 0 Å². The second-order valence-corrected chi connectivity index (χ2v) is 5.21. The van der Waals surface area contributed by atoms with Crippen molar-refractivity contribution in [1.82, 2.24) is 0 Å². The highest BCUT2D eigenvalue weighted by Gasteiger charge is 2.09. The Morgan fingerprint density at radius 1 is 1.14 bits per heavy atom. The van der Waals surface area contributed by atoms with Gasteiger partial charge in [-0.2, -0.15) is 8.78 Å². The average molecular weight is 312 g/mol. The van der Waals surface area contributed by atoms with Crippen LogP contribution in [0, 0.1) is 13.8 Å². The fourth-order valence-corrected chi connectivity index (χ4v) is 2.22. The van der Waals surface area contributed by atoms with E-state index in [1.54, 1.807) is 12.1 Å². The van der Waals surface area contributed by atoms with Gasteiger partial charge in [-0.15, -0.1) is 0 Å². The third kappa shape index (κ3) is 4.33. The molecule has 0 unspecified atom stereocenters. The molecule has 2 nitrogen and oxygen atoms in total. The maximum atomic E-state index is 12.2. The van der Waals surface area contributed by atoms with Crippen LogP contribution in [-0.2, 0) is 6.54 Å².